The minimum Gasteiger partial charge on any atom is -0.388 e. The lowest BCUT2D eigenvalue weighted by Gasteiger charge is -2.43. The largest absolute Gasteiger partial charge is 0.388 e. The van der Waals surface area contributed by atoms with Gasteiger partial charge in [-0.3, -0.25) is 24.1 Å². The Balaban J connectivity index is 1.29. The van der Waals surface area contributed by atoms with Crippen LogP contribution in [0.1, 0.15) is 36.0 Å². The number of hydrogen-bond acceptors (Lipinski definition) is 9. The van der Waals surface area contributed by atoms with Gasteiger partial charge >= 0.3 is 0 Å². The van der Waals surface area contributed by atoms with Crippen molar-refractivity contribution in [2.24, 2.45) is 0 Å². The van der Waals surface area contributed by atoms with E-state index >= 15 is 0 Å². The van der Waals surface area contributed by atoms with Gasteiger partial charge in [0.25, 0.3) is 5.91 Å². The van der Waals surface area contributed by atoms with Gasteiger partial charge in [0.2, 0.25) is 17.7 Å². The third-order valence-electron chi connectivity index (χ3n) is 9.82. The van der Waals surface area contributed by atoms with E-state index in [0.29, 0.717) is 13.0 Å². The van der Waals surface area contributed by atoms with Crippen molar-refractivity contribution in [2.45, 2.75) is 74.3 Å². The van der Waals surface area contributed by atoms with Crippen LogP contribution in [-0.2, 0) is 19.1 Å². The number of ether oxygens (including phenoxy) is 1. The average Bonchev–Trinajstić information content (AvgIpc) is 3.55. The van der Waals surface area contributed by atoms with Crippen molar-refractivity contribution in [1.29, 1.82) is 0 Å². The summed E-state index contributed by atoms with van der Waals surface area (Å²) >= 11 is 0. The zero-order valence-corrected chi connectivity index (χ0v) is 24.8. The van der Waals surface area contributed by atoms with Crippen LogP contribution in [0.3, 0.4) is 0 Å². The molecule has 1 aromatic carbocycles. The van der Waals surface area contributed by atoms with E-state index in [1.54, 1.807) is 4.90 Å². The number of likely N-dealkylation sites (tertiary alicyclic amines) is 2. The SMILES string of the molecule is CN1CCC(N2C[C@@H]3C[C@H]2C(=O)N2CCN(C(=O)c4ccc(F)cc4)[C@@H](C2)C(=O)NC[C@H]2O[C@@H](CC(=O)N3)[C@H](O)[C@@H]2O)CC1. The molecule has 1 aromatic rings. The van der Waals surface area contributed by atoms with Crippen LogP contribution in [0, 0.1) is 5.82 Å². The third kappa shape index (κ3) is 6.18. The number of aliphatic hydroxyl groups is 2. The van der Waals surface area contributed by atoms with Gasteiger partial charge < -0.3 is 40.3 Å². The van der Waals surface area contributed by atoms with Gasteiger partial charge in [0.05, 0.1) is 25.1 Å². The highest BCUT2D eigenvalue weighted by Crippen LogP contribution is 2.30. The number of aliphatic hydroxyl groups excluding tert-OH is 2. The second-order valence-electron chi connectivity index (χ2n) is 12.7. The Bertz CT molecular complexity index is 1260. The minimum absolute atomic E-state index is 0.0499. The van der Waals surface area contributed by atoms with E-state index in [1.807, 2.05) is 0 Å². The van der Waals surface area contributed by atoms with Gasteiger partial charge in [-0.05, 0) is 63.7 Å². The normalized spacial score (nSPS) is 34.6. The summed E-state index contributed by atoms with van der Waals surface area (Å²) in [5.41, 5.74) is 0.217. The van der Waals surface area contributed by atoms with Crippen molar-refractivity contribution in [2.75, 3.05) is 52.9 Å². The molecule has 5 fully saturated rings. The topological polar surface area (TPSA) is 155 Å². The third-order valence-corrected chi connectivity index (χ3v) is 9.82. The molecule has 13 nitrogen and oxygen atoms in total. The highest BCUT2D eigenvalue weighted by Gasteiger charge is 2.48. The molecule has 0 spiro atoms. The monoisotopic (exact) mass is 616 g/mol. The van der Waals surface area contributed by atoms with Crippen LogP contribution in [0.5, 0.6) is 0 Å². The zero-order valence-electron chi connectivity index (χ0n) is 24.8. The number of halogens is 1. The van der Waals surface area contributed by atoms with Crippen LogP contribution in [0.4, 0.5) is 4.39 Å². The highest BCUT2D eigenvalue weighted by atomic mass is 19.1. The fourth-order valence-corrected chi connectivity index (χ4v) is 7.31. The van der Waals surface area contributed by atoms with Gasteiger partial charge in [0.15, 0.2) is 0 Å². The molecule has 6 rings (SSSR count). The van der Waals surface area contributed by atoms with E-state index in [1.165, 1.54) is 29.2 Å². The summed E-state index contributed by atoms with van der Waals surface area (Å²) < 4.78 is 19.4. The van der Waals surface area contributed by atoms with Crippen LogP contribution in [-0.4, -0.2) is 155 Å². The summed E-state index contributed by atoms with van der Waals surface area (Å²) in [6.45, 7) is 2.35. The van der Waals surface area contributed by atoms with Gasteiger partial charge in [0, 0.05) is 43.8 Å². The first-order valence-electron chi connectivity index (χ1n) is 15.5. The second kappa shape index (κ2) is 12.7. The number of carbonyl (C=O) groups excluding carboxylic acids is 4. The Kier molecular flexibility index (Phi) is 8.88. The van der Waals surface area contributed by atoms with Crippen LogP contribution in [0.2, 0.25) is 0 Å². The van der Waals surface area contributed by atoms with E-state index in [0.717, 1.165) is 25.9 Å². The molecule has 5 saturated heterocycles. The molecule has 44 heavy (non-hydrogen) atoms. The van der Waals surface area contributed by atoms with E-state index in [2.05, 4.69) is 27.5 Å². The number of rotatable bonds is 2. The summed E-state index contributed by atoms with van der Waals surface area (Å²) in [7, 11) is 2.07. The zero-order chi connectivity index (χ0) is 31.1. The molecule has 4 N–H and O–H groups in total. The molecule has 0 aromatic heterocycles. The molecule has 6 bridgehead atoms. The molecule has 4 amide bonds. The van der Waals surface area contributed by atoms with Gasteiger partial charge in [-0.2, -0.15) is 0 Å². The van der Waals surface area contributed by atoms with Crippen LogP contribution in [0.15, 0.2) is 24.3 Å². The Morgan fingerprint density at radius 1 is 0.955 bits per heavy atom. The molecule has 7 atom stereocenters. The number of piperazine rings is 1. The Hall–Kier alpha value is -3.17. The quantitative estimate of drug-likeness (QED) is 0.300. The summed E-state index contributed by atoms with van der Waals surface area (Å²) in [5.74, 6) is -1.99. The first kappa shape index (κ1) is 30.8. The molecule has 0 radical (unpaired) electrons. The van der Waals surface area contributed by atoms with Crippen molar-refractivity contribution < 1.29 is 38.5 Å². The van der Waals surface area contributed by atoms with Gasteiger partial charge in [0.1, 0.15) is 30.2 Å². The molecule has 0 aliphatic carbocycles. The number of carbonyl (C=O) groups is 4. The molecular weight excluding hydrogens is 575 g/mol. The predicted octanol–water partition coefficient (Wildman–Crippen LogP) is -1.86. The van der Waals surface area contributed by atoms with E-state index in [-0.39, 0.29) is 62.1 Å². The number of benzene rings is 1. The Morgan fingerprint density at radius 2 is 1.66 bits per heavy atom. The molecular formula is C30H41FN6O7. The maximum absolute atomic E-state index is 14.2. The van der Waals surface area contributed by atoms with Gasteiger partial charge in [-0.1, -0.05) is 0 Å². The van der Waals surface area contributed by atoms with Crippen molar-refractivity contribution in [1.82, 2.24) is 30.2 Å². The number of piperidine rings is 1. The second-order valence-corrected chi connectivity index (χ2v) is 12.7. The Morgan fingerprint density at radius 3 is 2.39 bits per heavy atom. The number of amides is 4. The number of nitrogens with one attached hydrogen (secondary N) is 2. The fraction of sp³-hybridized carbons (Fsp3) is 0.667. The van der Waals surface area contributed by atoms with E-state index in [4.69, 9.17) is 4.74 Å². The van der Waals surface area contributed by atoms with E-state index < -0.39 is 54.1 Å². The first-order valence-corrected chi connectivity index (χ1v) is 15.5. The molecule has 0 saturated carbocycles. The smallest absolute Gasteiger partial charge is 0.254 e. The highest BCUT2D eigenvalue weighted by molar-refractivity contribution is 5.98. The lowest BCUT2D eigenvalue weighted by molar-refractivity contribution is -0.142. The van der Waals surface area contributed by atoms with Crippen molar-refractivity contribution >= 4 is 23.6 Å². The van der Waals surface area contributed by atoms with E-state index in [9.17, 15) is 33.8 Å². The summed E-state index contributed by atoms with van der Waals surface area (Å²) in [6.07, 6.45) is -2.62. The van der Waals surface area contributed by atoms with Gasteiger partial charge in [-0.15, -0.1) is 0 Å². The minimum atomic E-state index is -1.33. The lowest BCUT2D eigenvalue weighted by Crippen LogP contribution is -2.64. The lowest BCUT2D eigenvalue weighted by atomic mass is 10.0. The number of hydrogen-bond donors (Lipinski definition) is 4. The summed E-state index contributed by atoms with van der Waals surface area (Å²) in [4.78, 5) is 61.9. The molecule has 0 unspecified atom stereocenters. The predicted molar refractivity (Wildman–Crippen MR) is 154 cm³/mol. The van der Waals surface area contributed by atoms with Crippen LogP contribution < -0.4 is 10.6 Å². The molecule has 5 aliphatic rings. The van der Waals surface area contributed by atoms with Crippen LogP contribution in [0.25, 0.3) is 0 Å². The fourth-order valence-electron chi connectivity index (χ4n) is 7.31. The average molecular weight is 617 g/mol. The van der Waals surface area contributed by atoms with Crippen molar-refractivity contribution in [3.8, 4) is 0 Å². The Labute approximate surface area is 255 Å². The maximum atomic E-state index is 14.2. The number of nitrogens with zero attached hydrogens (tertiary/aromatic N) is 4. The molecule has 240 valence electrons. The summed E-state index contributed by atoms with van der Waals surface area (Å²) in [6, 6.07) is 3.37. The van der Waals surface area contributed by atoms with Crippen LogP contribution >= 0.6 is 0 Å². The standard InChI is InChI=1S/C30H41FN6O7/c1-34-8-6-20(7-9-34)37-15-19-12-21(37)30(43)35-10-11-36(29(42)17-2-4-18(31)5-3-17)22(16-35)28(41)32-14-24-27(40)26(39)23(44-24)13-25(38)33-19/h2-5,19-24,26-27,39-40H,6-16H2,1H3,(H,32,41)(H,33,38)/t19-,21-,22-,23-,24+,26-,27+/m0/s1. The first-order chi connectivity index (χ1) is 21.1. The van der Waals surface area contributed by atoms with Gasteiger partial charge in [-0.25, -0.2) is 4.39 Å². The number of fused-ring (bicyclic) bond motifs is 6. The molecule has 5 heterocycles. The maximum Gasteiger partial charge on any atom is 0.254 e. The molecule has 14 heteroatoms. The molecule has 5 aliphatic heterocycles. The summed E-state index contributed by atoms with van der Waals surface area (Å²) in [5, 5.41) is 27.0. The van der Waals surface area contributed by atoms with Crippen molar-refractivity contribution in [3.63, 3.8) is 0 Å². The van der Waals surface area contributed by atoms with Crippen molar-refractivity contribution in [3.05, 3.63) is 35.6 Å².